The molecule has 0 aliphatic heterocycles. The fourth-order valence-corrected chi connectivity index (χ4v) is 0.978. The normalized spacial score (nSPS) is 9.31. The number of amides is 1. The van der Waals surface area contributed by atoms with Crippen LogP contribution in [0.1, 0.15) is 10.4 Å². The van der Waals surface area contributed by atoms with Gasteiger partial charge in [0.25, 0.3) is 11.6 Å². The summed E-state index contributed by atoms with van der Waals surface area (Å²) in [6.07, 6.45) is 0. The Bertz CT molecular complexity index is 353. The van der Waals surface area contributed by atoms with Crippen LogP contribution in [0.5, 0.6) is 0 Å². The Morgan fingerprint density at radius 3 is 2.62 bits per heavy atom. The van der Waals surface area contributed by atoms with Crippen LogP contribution < -0.4 is 4.84 Å². The number of nitro groups is 1. The van der Waals surface area contributed by atoms with Gasteiger partial charge in [-0.25, -0.2) is 0 Å². The standard InChI is InChI=1S/C7H5ClN2O3/c8-9-7(11)5-3-1-2-4-6(5)10(12)13/h1-4H,(H,9,11). The second-order valence-corrected chi connectivity index (χ2v) is 2.39. The minimum Gasteiger partial charge on any atom is -0.268 e. The molecule has 5 nitrogen and oxygen atoms in total. The summed E-state index contributed by atoms with van der Waals surface area (Å²) in [7, 11) is 0. The number of nitro benzene ring substituents is 1. The first-order chi connectivity index (χ1) is 6.16. The first kappa shape index (κ1) is 9.47. The molecule has 1 rings (SSSR count). The highest BCUT2D eigenvalue weighted by atomic mass is 35.5. The molecule has 1 aromatic carbocycles. The van der Waals surface area contributed by atoms with Crippen molar-refractivity contribution in [3.8, 4) is 0 Å². The van der Waals surface area contributed by atoms with E-state index in [9.17, 15) is 14.9 Å². The van der Waals surface area contributed by atoms with Crippen molar-refractivity contribution in [1.82, 2.24) is 4.84 Å². The molecule has 0 atom stereocenters. The molecular weight excluding hydrogens is 196 g/mol. The second kappa shape index (κ2) is 3.86. The van der Waals surface area contributed by atoms with Crippen LogP contribution in [0.15, 0.2) is 24.3 Å². The predicted octanol–water partition coefficient (Wildman–Crippen LogP) is 1.48. The van der Waals surface area contributed by atoms with Crippen molar-refractivity contribution < 1.29 is 9.72 Å². The molecule has 0 saturated carbocycles. The third-order valence-corrected chi connectivity index (χ3v) is 1.60. The zero-order valence-electron chi connectivity index (χ0n) is 6.36. The lowest BCUT2D eigenvalue weighted by Gasteiger charge is -1.98. The van der Waals surface area contributed by atoms with Crippen LogP contribution in [-0.4, -0.2) is 10.8 Å². The average molecular weight is 201 g/mol. The molecule has 13 heavy (non-hydrogen) atoms. The molecular formula is C7H5ClN2O3. The van der Waals surface area contributed by atoms with Crippen LogP contribution in [0.2, 0.25) is 0 Å². The van der Waals surface area contributed by atoms with Gasteiger partial charge in [0.15, 0.2) is 0 Å². The zero-order chi connectivity index (χ0) is 9.84. The maximum absolute atomic E-state index is 11.0. The topological polar surface area (TPSA) is 72.2 Å². The van der Waals surface area contributed by atoms with E-state index >= 15 is 0 Å². The van der Waals surface area contributed by atoms with Gasteiger partial charge in [-0.15, -0.1) is 0 Å². The lowest BCUT2D eigenvalue weighted by molar-refractivity contribution is -0.385. The number of nitrogens with one attached hydrogen (secondary N) is 1. The predicted molar refractivity (Wildman–Crippen MR) is 46.4 cm³/mol. The van der Waals surface area contributed by atoms with Gasteiger partial charge in [-0.2, -0.15) is 0 Å². The van der Waals surface area contributed by atoms with Gasteiger partial charge in [-0.05, 0) is 6.07 Å². The fourth-order valence-electron chi connectivity index (χ4n) is 0.876. The first-order valence-corrected chi connectivity index (χ1v) is 3.69. The largest absolute Gasteiger partial charge is 0.282 e. The Morgan fingerprint density at radius 1 is 1.46 bits per heavy atom. The highest BCUT2D eigenvalue weighted by Gasteiger charge is 2.17. The maximum atomic E-state index is 11.0. The monoisotopic (exact) mass is 200 g/mol. The summed E-state index contributed by atoms with van der Waals surface area (Å²) in [5.41, 5.74) is -0.317. The third-order valence-electron chi connectivity index (χ3n) is 1.43. The Morgan fingerprint density at radius 2 is 2.08 bits per heavy atom. The minimum atomic E-state index is -0.686. The lowest BCUT2D eigenvalue weighted by Crippen LogP contribution is -2.14. The van der Waals surface area contributed by atoms with Crippen molar-refractivity contribution >= 4 is 23.4 Å². The summed E-state index contributed by atoms with van der Waals surface area (Å²) in [5.74, 6) is -0.686. The van der Waals surface area contributed by atoms with E-state index in [4.69, 9.17) is 11.8 Å². The van der Waals surface area contributed by atoms with Crippen molar-refractivity contribution in [3.63, 3.8) is 0 Å². The van der Waals surface area contributed by atoms with Gasteiger partial charge in [0.1, 0.15) is 5.56 Å². The number of benzene rings is 1. The molecule has 68 valence electrons. The van der Waals surface area contributed by atoms with Crippen molar-refractivity contribution in [2.45, 2.75) is 0 Å². The number of nitrogens with zero attached hydrogens (tertiary/aromatic N) is 1. The Labute approximate surface area is 78.6 Å². The molecule has 0 spiro atoms. The highest BCUT2D eigenvalue weighted by molar-refractivity contribution is 6.24. The second-order valence-electron chi connectivity index (χ2n) is 2.20. The SMILES string of the molecule is O=C(NCl)c1ccccc1[N+](=O)[O-]. The van der Waals surface area contributed by atoms with Crippen LogP contribution in [0.3, 0.4) is 0 Å². The van der Waals surface area contributed by atoms with Gasteiger partial charge >= 0.3 is 0 Å². The van der Waals surface area contributed by atoms with Crippen molar-refractivity contribution in [2.24, 2.45) is 0 Å². The number of carbonyl (C=O) groups excluding carboxylic acids is 1. The third kappa shape index (κ3) is 1.94. The van der Waals surface area contributed by atoms with E-state index in [1.165, 1.54) is 24.3 Å². The first-order valence-electron chi connectivity index (χ1n) is 3.31. The van der Waals surface area contributed by atoms with E-state index in [0.29, 0.717) is 0 Å². The quantitative estimate of drug-likeness (QED) is 0.447. The van der Waals surface area contributed by atoms with Gasteiger partial charge in [0.05, 0.1) is 4.92 Å². The lowest BCUT2D eigenvalue weighted by atomic mass is 10.2. The molecule has 0 aliphatic carbocycles. The van der Waals surface area contributed by atoms with Gasteiger partial charge < -0.3 is 0 Å². The Balaban J connectivity index is 3.19. The van der Waals surface area contributed by atoms with E-state index < -0.39 is 10.8 Å². The molecule has 0 aliphatic rings. The van der Waals surface area contributed by atoms with E-state index in [1.54, 1.807) is 4.84 Å². The summed E-state index contributed by atoms with van der Waals surface area (Å²) in [6, 6.07) is 5.56. The number of halogens is 1. The summed E-state index contributed by atoms with van der Waals surface area (Å²) in [5, 5.41) is 10.4. The van der Waals surface area contributed by atoms with Crippen LogP contribution in [0.4, 0.5) is 5.69 Å². The number of hydrogen-bond acceptors (Lipinski definition) is 3. The maximum Gasteiger partial charge on any atom is 0.282 e. The van der Waals surface area contributed by atoms with Gasteiger partial charge in [-0.3, -0.25) is 19.7 Å². The van der Waals surface area contributed by atoms with E-state index in [0.717, 1.165) is 0 Å². The zero-order valence-corrected chi connectivity index (χ0v) is 7.12. The summed E-state index contributed by atoms with van der Waals surface area (Å²) in [6.45, 7) is 0. The van der Waals surface area contributed by atoms with Gasteiger partial charge in [-0.1, -0.05) is 12.1 Å². The molecule has 0 aromatic heterocycles. The summed E-state index contributed by atoms with van der Waals surface area (Å²) >= 11 is 5.04. The minimum absolute atomic E-state index is 0.0532. The molecule has 1 N–H and O–H groups in total. The molecule has 0 saturated heterocycles. The average Bonchev–Trinajstić information content (AvgIpc) is 2.16. The molecule has 0 fully saturated rings. The van der Waals surface area contributed by atoms with Crippen LogP contribution in [0, 0.1) is 10.1 Å². The van der Waals surface area contributed by atoms with Crippen molar-refractivity contribution in [2.75, 3.05) is 0 Å². The Hall–Kier alpha value is -1.62. The molecule has 1 aromatic rings. The number of rotatable bonds is 2. The van der Waals surface area contributed by atoms with E-state index in [1.807, 2.05) is 0 Å². The molecule has 0 bridgehead atoms. The van der Waals surface area contributed by atoms with Crippen molar-refractivity contribution in [3.05, 3.63) is 39.9 Å². The number of carbonyl (C=O) groups is 1. The van der Waals surface area contributed by atoms with Crippen LogP contribution in [-0.2, 0) is 0 Å². The van der Waals surface area contributed by atoms with E-state index in [2.05, 4.69) is 0 Å². The molecule has 6 heteroatoms. The number of hydrogen-bond donors (Lipinski definition) is 1. The smallest absolute Gasteiger partial charge is 0.268 e. The number of para-hydroxylation sites is 1. The fraction of sp³-hybridized carbons (Fsp3) is 0. The molecule has 0 radical (unpaired) electrons. The highest BCUT2D eigenvalue weighted by Crippen LogP contribution is 2.17. The van der Waals surface area contributed by atoms with Gasteiger partial charge in [0.2, 0.25) is 0 Å². The summed E-state index contributed by atoms with van der Waals surface area (Å²) in [4.78, 5) is 22.6. The van der Waals surface area contributed by atoms with Crippen molar-refractivity contribution in [1.29, 1.82) is 0 Å². The van der Waals surface area contributed by atoms with Gasteiger partial charge in [0, 0.05) is 17.8 Å². The molecule has 0 unspecified atom stereocenters. The van der Waals surface area contributed by atoms with Crippen LogP contribution >= 0.6 is 11.8 Å². The molecule has 1 amide bonds. The van der Waals surface area contributed by atoms with E-state index in [-0.39, 0.29) is 11.3 Å². The molecule has 0 heterocycles. The Kier molecular flexibility index (Phi) is 2.81. The van der Waals surface area contributed by atoms with Crippen LogP contribution in [0.25, 0.3) is 0 Å². The summed E-state index contributed by atoms with van der Waals surface area (Å²) < 4.78 is 0.